The first-order valence-corrected chi connectivity index (χ1v) is 43.8. The molecule has 0 heterocycles. The molecular weight excluding hydrogens is 1690 g/mol. The van der Waals surface area contributed by atoms with E-state index in [2.05, 4.69) is 97.0 Å². The van der Waals surface area contributed by atoms with Gasteiger partial charge in [-0.3, -0.25) is 0 Å². The molecule has 0 unspecified atom stereocenters. The first-order valence-electron chi connectivity index (χ1n) is 43.4. The van der Waals surface area contributed by atoms with Crippen LogP contribution >= 0.6 is 11.6 Å². The van der Waals surface area contributed by atoms with Gasteiger partial charge in [-0.25, -0.2) is 50.5 Å². The standard InChI is InChI=1S/C28H18N2.2C26H16N2.C23H16N2O.C22H13ClN2/c1-30-27(20-29)28(25-16-12-23(13-17-25)21-8-4-2-5-9-21)26-18-14-24(15-19-26)22-10-6-3-7-11-22;1-28-25(18-27)26(24-13-7-11-21-10-5-6-12-23(21)24)22-16-14-20(15-17-22)19-8-3-2-4-9-19;1-28-25(18-27)26(24-16-13-20-9-5-6-10-23(20)17-24)22-14-11-21(12-15-22)19-7-3-2-4-8-19;1-25-22(15-24)23(20-9-7-17(16-26)8-10-20)21-13-11-19(12-14-21)18-5-3-2-4-6-18;1-25-21(15-24)22(19-11-13-20(23)14-12-19)18-9-7-17(8-10-18)16-5-3-2-4-6-16/h2-19H;2*2-17H;2-14,26H,16H2;2-14H/b;2*26-25-;23-22+;22-21-. The van der Waals surface area contributed by atoms with Gasteiger partial charge in [0.05, 0.1) is 69.8 Å². The molecule has 0 aromatic heterocycles. The molecule has 0 saturated carbocycles. The first kappa shape index (κ1) is 93.5. The van der Waals surface area contributed by atoms with Crippen molar-refractivity contribution >= 4 is 61.0 Å². The highest BCUT2D eigenvalue weighted by Crippen LogP contribution is 2.39. The van der Waals surface area contributed by atoms with Gasteiger partial charge in [0.2, 0.25) is 0 Å². The second-order valence-electron chi connectivity index (χ2n) is 30.8. The molecule has 137 heavy (non-hydrogen) atoms. The second-order valence-corrected chi connectivity index (χ2v) is 31.3. The number of nitrogens with zero attached hydrogens (tertiary/aromatic N) is 10. The summed E-state index contributed by atoms with van der Waals surface area (Å²) in [6, 6.07) is 161. The molecule has 0 radical (unpaired) electrons. The lowest BCUT2D eigenvalue weighted by Crippen LogP contribution is -1.93. The summed E-state index contributed by atoms with van der Waals surface area (Å²) in [7, 11) is 0. The van der Waals surface area contributed by atoms with Gasteiger partial charge >= 0.3 is 0 Å². The second kappa shape index (κ2) is 47.1. The lowest BCUT2D eigenvalue weighted by molar-refractivity contribution is 0.282. The van der Waals surface area contributed by atoms with Crippen LogP contribution in [-0.2, 0) is 6.61 Å². The van der Waals surface area contributed by atoms with Crippen molar-refractivity contribution in [2.24, 2.45) is 0 Å². The predicted molar refractivity (Wildman–Crippen MR) is 554 cm³/mol. The maximum Gasteiger partial charge on any atom is 0.270 e. The zero-order valence-electron chi connectivity index (χ0n) is 73.9. The molecule has 0 aliphatic rings. The van der Waals surface area contributed by atoms with Crippen molar-refractivity contribution in [1.82, 2.24) is 0 Å². The molecule has 0 amide bonds. The Hall–Kier alpha value is -19.7. The van der Waals surface area contributed by atoms with Crippen LogP contribution in [0.4, 0.5) is 0 Å². The Morgan fingerprint density at radius 2 is 0.423 bits per heavy atom. The number of aliphatic hydroxyl groups is 1. The van der Waals surface area contributed by atoms with E-state index in [1.54, 1.807) is 24.3 Å². The largest absolute Gasteiger partial charge is 0.392 e. The summed E-state index contributed by atoms with van der Waals surface area (Å²) < 4.78 is 0. The fraction of sp³-hybridized carbons (Fsp3) is 0.00800. The summed E-state index contributed by atoms with van der Waals surface area (Å²) in [6.07, 6.45) is 0. The van der Waals surface area contributed by atoms with Crippen LogP contribution in [0, 0.1) is 89.5 Å². The van der Waals surface area contributed by atoms with Gasteiger partial charge in [-0.05, 0) is 168 Å². The van der Waals surface area contributed by atoms with Gasteiger partial charge in [0.25, 0.3) is 28.5 Å². The van der Waals surface area contributed by atoms with E-state index in [1.807, 2.05) is 394 Å². The van der Waals surface area contributed by atoms with E-state index in [-0.39, 0.29) is 35.1 Å². The van der Waals surface area contributed by atoms with Crippen LogP contribution in [0.5, 0.6) is 0 Å². The Bertz CT molecular complexity index is 7800. The number of hydrogen-bond donors (Lipinski definition) is 1. The van der Waals surface area contributed by atoms with Crippen LogP contribution in [0.1, 0.15) is 61.2 Å². The van der Waals surface area contributed by atoms with Gasteiger partial charge < -0.3 is 5.11 Å². The van der Waals surface area contributed by atoms with Gasteiger partial charge in [-0.2, -0.15) is 0 Å². The zero-order chi connectivity index (χ0) is 95.5. The Labute approximate surface area is 803 Å². The molecule has 0 saturated heterocycles. The number of fused-ring (bicyclic) bond motifs is 2. The fourth-order valence-corrected chi connectivity index (χ4v) is 15.9. The molecule has 0 spiro atoms. The van der Waals surface area contributed by atoms with E-state index in [0.29, 0.717) is 32.9 Å². The van der Waals surface area contributed by atoms with Gasteiger partial charge in [-0.15, -0.1) is 0 Å². The van der Waals surface area contributed by atoms with Crippen molar-refractivity contribution in [2.45, 2.75) is 6.61 Å². The van der Waals surface area contributed by atoms with E-state index >= 15 is 0 Å². The SMILES string of the molecule is [C-]#[N+]/C(C#N)=C(/c1ccc(-c2ccccc2)cc1)c1ccc2ccccc2c1.[C-]#[N+]/C(C#N)=C(/c1ccc(-c2ccccc2)cc1)c1cccc2ccccc12.[C-]#[N+]/C(C#N)=C(\c1ccc(CO)cc1)c1ccc(-c2ccccc2)cc1.[C-]#[N+]/C(C#N)=C(\c1ccc(Cl)cc1)c1ccc(-c2ccccc2)cc1.[C-]#[N+]C(C#N)=C(c1ccc(-c2ccccc2)cc1)c1ccc(-c2ccccc2)cc1. The number of allylic oxidation sites excluding steroid dienone is 5. The number of halogens is 1. The van der Waals surface area contributed by atoms with Crippen LogP contribution in [0.15, 0.2) is 490 Å². The molecule has 18 aromatic carbocycles. The smallest absolute Gasteiger partial charge is 0.270 e. The Balaban J connectivity index is 0.000000137. The molecule has 0 atom stereocenters. The van der Waals surface area contributed by atoms with Crippen molar-refractivity contribution in [3.8, 4) is 97.1 Å². The lowest BCUT2D eigenvalue weighted by Gasteiger charge is -2.13. The fourth-order valence-electron chi connectivity index (χ4n) is 15.8. The van der Waals surface area contributed by atoms with Gasteiger partial charge in [0.15, 0.2) is 0 Å². The molecule has 0 aliphatic carbocycles. The molecule has 642 valence electrons. The molecule has 18 aromatic rings. The maximum atomic E-state index is 9.60. The highest BCUT2D eigenvalue weighted by molar-refractivity contribution is 6.30. The number of rotatable bonds is 17. The van der Waals surface area contributed by atoms with Crippen LogP contribution in [0.2, 0.25) is 5.02 Å². The average molecular weight is 1770 g/mol. The molecule has 0 aliphatic heterocycles. The molecule has 0 fully saturated rings. The Morgan fingerprint density at radius 1 is 0.212 bits per heavy atom. The zero-order valence-corrected chi connectivity index (χ0v) is 74.6. The third-order valence-electron chi connectivity index (χ3n) is 22.6. The van der Waals surface area contributed by atoms with E-state index in [9.17, 15) is 31.4 Å². The van der Waals surface area contributed by atoms with E-state index < -0.39 is 0 Å². The molecule has 11 nitrogen and oxygen atoms in total. The minimum Gasteiger partial charge on any atom is -0.392 e. The van der Waals surface area contributed by atoms with Crippen molar-refractivity contribution in [3.63, 3.8) is 0 Å². The van der Waals surface area contributed by atoms with Crippen LogP contribution < -0.4 is 0 Å². The van der Waals surface area contributed by atoms with Crippen molar-refractivity contribution in [1.29, 1.82) is 26.3 Å². The third-order valence-corrected chi connectivity index (χ3v) is 22.9. The van der Waals surface area contributed by atoms with Crippen molar-refractivity contribution in [2.75, 3.05) is 0 Å². The summed E-state index contributed by atoms with van der Waals surface area (Å²) in [5, 5.41) is 61.6. The minimum absolute atomic E-state index is 0.0426. The molecule has 0 bridgehead atoms. The number of aliphatic hydroxyl groups excluding tert-OH is 1. The molecular formula is C125H79ClN10O. The summed E-state index contributed by atoms with van der Waals surface area (Å²) in [5.41, 5.74) is 26.2. The number of benzene rings is 18. The molecule has 1 N–H and O–H groups in total. The van der Waals surface area contributed by atoms with Crippen LogP contribution in [-0.4, -0.2) is 5.11 Å². The molecule has 18 rings (SSSR count). The number of hydrogen-bond acceptors (Lipinski definition) is 6. The highest BCUT2D eigenvalue weighted by atomic mass is 35.5. The first-order chi connectivity index (χ1) is 67.4. The van der Waals surface area contributed by atoms with E-state index in [1.165, 1.54) is 0 Å². The minimum atomic E-state index is -0.0426. The van der Waals surface area contributed by atoms with Gasteiger partial charge in [0.1, 0.15) is 0 Å². The summed E-state index contributed by atoms with van der Waals surface area (Å²) in [6.45, 7) is 37.1. The van der Waals surface area contributed by atoms with E-state index in [0.717, 1.165) is 150 Å². The number of nitriles is 5. The van der Waals surface area contributed by atoms with Crippen molar-refractivity contribution < 1.29 is 5.11 Å². The van der Waals surface area contributed by atoms with Crippen molar-refractivity contribution in [3.05, 3.63) is 613 Å². The van der Waals surface area contributed by atoms with Gasteiger partial charge in [0, 0.05) is 32.9 Å². The highest BCUT2D eigenvalue weighted by Gasteiger charge is 2.20. The summed E-state index contributed by atoms with van der Waals surface area (Å²) in [4.78, 5) is 17.3. The lowest BCUT2D eigenvalue weighted by atomic mass is 9.91. The Kier molecular flexibility index (Phi) is 32.1. The summed E-state index contributed by atoms with van der Waals surface area (Å²) >= 11 is 5.96. The third kappa shape index (κ3) is 23.3. The maximum absolute atomic E-state index is 9.60. The van der Waals surface area contributed by atoms with Gasteiger partial charge in [-0.1, -0.05) is 454 Å². The molecule has 12 heteroatoms. The van der Waals surface area contributed by atoms with E-state index in [4.69, 9.17) is 44.5 Å². The average Bonchev–Trinajstić information content (AvgIpc) is 0.787. The topological polar surface area (TPSA) is 161 Å². The quantitative estimate of drug-likeness (QED) is 0.0705. The van der Waals surface area contributed by atoms with Crippen LogP contribution in [0.3, 0.4) is 0 Å². The summed E-state index contributed by atoms with van der Waals surface area (Å²) in [5.74, 6) is 0. The Morgan fingerprint density at radius 3 is 0.701 bits per heavy atom. The monoisotopic (exact) mass is 1770 g/mol. The predicted octanol–water partition coefficient (Wildman–Crippen LogP) is 31.9. The normalized spacial score (nSPS) is 11.0. The van der Waals surface area contributed by atoms with Crippen LogP contribution in [0.25, 0.3) is 140 Å².